The van der Waals surface area contributed by atoms with Crippen LogP contribution in [-0.4, -0.2) is 41.9 Å². The topological polar surface area (TPSA) is 59.0 Å². The number of hydrogen-bond acceptors (Lipinski definition) is 5. The number of rotatable bonds is 2. The zero-order chi connectivity index (χ0) is 16.8. The van der Waals surface area contributed by atoms with Crippen molar-refractivity contribution in [3.8, 4) is 0 Å². The number of aryl methyl sites for hydroxylation is 2. The highest BCUT2D eigenvalue weighted by Gasteiger charge is 2.50. The molecule has 3 rings (SSSR count). The van der Waals surface area contributed by atoms with Gasteiger partial charge in [0.2, 0.25) is 0 Å². The summed E-state index contributed by atoms with van der Waals surface area (Å²) in [4.78, 5) is 17.7. The number of esters is 1. The summed E-state index contributed by atoms with van der Waals surface area (Å²) in [5, 5.41) is 12.6. The Bertz CT molecular complexity index is 667. The van der Waals surface area contributed by atoms with Gasteiger partial charge in [-0.1, -0.05) is 15.9 Å². The summed E-state index contributed by atoms with van der Waals surface area (Å²) < 4.78 is 6.60. The number of hydrogen-bond donors (Lipinski definition) is 1. The van der Waals surface area contributed by atoms with Gasteiger partial charge < -0.3 is 14.7 Å². The van der Waals surface area contributed by atoms with Gasteiger partial charge in [-0.05, 0) is 42.7 Å². The predicted octanol–water partition coefficient (Wildman–Crippen LogP) is 3.29. The molecule has 2 aliphatic heterocycles. The molecule has 1 aromatic carbocycles. The van der Waals surface area contributed by atoms with E-state index in [9.17, 15) is 9.90 Å². The standard InChI is InChI=1S/C17H20BrNO4/c1-10-8-12(18)9-11(2)13(10)14-15(20)17(23-16(14)21)4-6-19(22-3)7-5-17/h8-9,20H,4-7H2,1-3H3. The first kappa shape index (κ1) is 16.5. The Morgan fingerprint density at radius 3 is 2.35 bits per heavy atom. The first-order valence-corrected chi connectivity index (χ1v) is 8.40. The molecule has 124 valence electrons. The molecule has 0 atom stereocenters. The second-order valence-electron chi connectivity index (χ2n) is 6.13. The van der Waals surface area contributed by atoms with Crippen molar-refractivity contribution in [2.24, 2.45) is 0 Å². The Labute approximate surface area is 144 Å². The van der Waals surface area contributed by atoms with E-state index in [2.05, 4.69) is 15.9 Å². The van der Waals surface area contributed by atoms with E-state index in [0.717, 1.165) is 21.2 Å². The second-order valence-corrected chi connectivity index (χ2v) is 7.05. The van der Waals surface area contributed by atoms with Crippen molar-refractivity contribution in [2.75, 3.05) is 20.2 Å². The largest absolute Gasteiger partial charge is 0.507 e. The van der Waals surface area contributed by atoms with E-state index in [4.69, 9.17) is 9.57 Å². The predicted molar refractivity (Wildman–Crippen MR) is 89.8 cm³/mol. The van der Waals surface area contributed by atoms with Crippen LogP contribution in [0.2, 0.25) is 0 Å². The lowest BCUT2D eigenvalue weighted by Crippen LogP contribution is -2.45. The fourth-order valence-corrected chi connectivity index (χ4v) is 4.18. The number of ether oxygens (including phenoxy) is 1. The number of benzene rings is 1. The lowest BCUT2D eigenvalue weighted by atomic mass is 9.87. The van der Waals surface area contributed by atoms with Gasteiger partial charge in [0, 0.05) is 30.4 Å². The van der Waals surface area contributed by atoms with Crippen LogP contribution >= 0.6 is 15.9 Å². The first-order valence-electron chi connectivity index (χ1n) is 7.61. The molecule has 0 radical (unpaired) electrons. The van der Waals surface area contributed by atoms with Crippen molar-refractivity contribution in [2.45, 2.75) is 32.3 Å². The number of halogens is 1. The van der Waals surface area contributed by atoms with Crippen molar-refractivity contribution in [3.05, 3.63) is 39.1 Å². The minimum atomic E-state index is -0.909. The molecule has 1 fully saturated rings. The molecule has 6 heteroatoms. The van der Waals surface area contributed by atoms with Crippen LogP contribution in [0.4, 0.5) is 0 Å². The summed E-state index contributed by atoms with van der Waals surface area (Å²) in [6.45, 7) is 5.08. The fourth-order valence-electron chi connectivity index (χ4n) is 3.50. The van der Waals surface area contributed by atoms with Gasteiger partial charge in [-0.25, -0.2) is 4.79 Å². The van der Waals surface area contributed by atoms with Crippen LogP contribution in [-0.2, 0) is 14.4 Å². The van der Waals surface area contributed by atoms with Crippen LogP contribution < -0.4 is 0 Å². The molecule has 0 bridgehead atoms. The van der Waals surface area contributed by atoms with Crippen LogP contribution in [0.3, 0.4) is 0 Å². The van der Waals surface area contributed by atoms with Crippen LogP contribution in [0.1, 0.15) is 29.5 Å². The third-order valence-electron chi connectivity index (χ3n) is 4.70. The van der Waals surface area contributed by atoms with E-state index in [1.165, 1.54) is 0 Å². The van der Waals surface area contributed by atoms with Crippen LogP contribution in [0.15, 0.2) is 22.4 Å². The smallest absolute Gasteiger partial charge is 0.343 e. The minimum absolute atomic E-state index is 0.0618. The Hall–Kier alpha value is -1.37. The van der Waals surface area contributed by atoms with Crippen LogP contribution in [0.25, 0.3) is 5.57 Å². The molecule has 1 spiro atoms. The van der Waals surface area contributed by atoms with Crippen molar-refractivity contribution in [1.82, 2.24) is 5.06 Å². The monoisotopic (exact) mass is 381 g/mol. The summed E-state index contributed by atoms with van der Waals surface area (Å²) in [5.41, 5.74) is 2.02. The Morgan fingerprint density at radius 1 is 1.26 bits per heavy atom. The number of carbonyl (C=O) groups excluding carboxylic acids is 1. The van der Waals surface area contributed by atoms with Gasteiger partial charge >= 0.3 is 5.97 Å². The molecule has 23 heavy (non-hydrogen) atoms. The first-order chi connectivity index (χ1) is 10.9. The normalized spacial score (nSPS) is 21.1. The Morgan fingerprint density at radius 2 is 1.83 bits per heavy atom. The number of piperidine rings is 1. The Kier molecular flexibility index (Phi) is 4.25. The quantitative estimate of drug-likeness (QED) is 0.796. The molecule has 2 heterocycles. The number of carbonyl (C=O) groups is 1. The molecular formula is C17H20BrNO4. The summed E-state index contributed by atoms with van der Waals surface area (Å²) in [6.07, 6.45) is 1.05. The van der Waals surface area contributed by atoms with Gasteiger partial charge in [-0.15, -0.1) is 0 Å². The fraction of sp³-hybridized carbons (Fsp3) is 0.471. The van der Waals surface area contributed by atoms with E-state index in [0.29, 0.717) is 31.5 Å². The summed E-state index contributed by atoms with van der Waals surface area (Å²) >= 11 is 3.46. The van der Waals surface area contributed by atoms with Gasteiger partial charge in [0.05, 0.1) is 7.11 Å². The molecule has 1 N–H and O–H groups in total. The molecule has 0 aliphatic carbocycles. The molecule has 0 unspecified atom stereocenters. The molecule has 1 saturated heterocycles. The number of nitrogens with zero attached hydrogens (tertiary/aromatic N) is 1. The van der Waals surface area contributed by atoms with Gasteiger partial charge in [-0.3, -0.25) is 0 Å². The lowest BCUT2D eigenvalue weighted by molar-refractivity contribution is -0.182. The van der Waals surface area contributed by atoms with Crippen molar-refractivity contribution >= 4 is 27.5 Å². The second kappa shape index (κ2) is 5.92. The number of hydroxylamine groups is 2. The Balaban J connectivity index is 2.04. The highest BCUT2D eigenvalue weighted by Crippen LogP contribution is 2.44. The number of aliphatic hydroxyl groups excluding tert-OH is 1. The highest BCUT2D eigenvalue weighted by atomic mass is 79.9. The zero-order valence-electron chi connectivity index (χ0n) is 13.5. The van der Waals surface area contributed by atoms with Crippen molar-refractivity contribution in [3.63, 3.8) is 0 Å². The average Bonchev–Trinajstić information content (AvgIpc) is 2.72. The molecular weight excluding hydrogens is 362 g/mol. The van der Waals surface area contributed by atoms with E-state index in [1.807, 2.05) is 26.0 Å². The highest BCUT2D eigenvalue weighted by molar-refractivity contribution is 9.10. The third-order valence-corrected chi connectivity index (χ3v) is 5.15. The van der Waals surface area contributed by atoms with Crippen molar-refractivity contribution in [1.29, 1.82) is 0 Å². The molecule has 2 aliphatic rings. The van der Waals surface area contributed by atoms with E-state index >= 15 is 0 Å². The zero-order valence-corrected chi connectivity index (χ0v) is 15.1. The summed E-state index contributed by atoms with van der Waals surface area (Å²) in [6, 6.07) is 3.88. The van der Waals surface area contributed by atoms with Gasteiger partial charge in [0.25, 0.3) is 0 Å². The third kappa shape index (κ3) is 2.69. The lowest BCUT2D eigenvalue weighted by Gasteiger charge is -2.36. The van der Waals surface area contributed by atoms with Gasteiger partial charge in [0.15, 0.2) is 11.4 Å². The van der Waals surface area contributed by atoms with Gasteiger partial charge in [0.1, 0.15) is 5.57 Å². The molecule has 0 amide bonds. The summed E-state index contributed by atoms with van der Waals surface area (Å²) in [5.74, 6) is -0.381. The van der Waals surface area contributed by atoms with E-state index in [-0.39, 0.29) is 5.76 Å². The van der Waals surface area contributed by atoms with Crippen molar-refractivity contribution < 1.29 is 19.5 Å². The minimum Gasteiger partial charge on any atom is -0.507 e. The number of aliphatic hydroxyl groups is 1. The average molecular weight is 382 g/mol. The molecule has 0 aromatic heterocycles. The maximum Gasteiger partial charge on any atom is 0.343 e. The maximum absolute atomic E-state index is 12.5. The molecule has 0 saturated carbocycles. The molecule has 5 nitrogen and oxygen atoms in total. The van der Waals surface area contributed by atoms with Gasteiger partial charge in [-0.2, -0.15) is 5.06 Å². The van der Waals surface area contributed by atoms with Crippen LogP contribution in [0.5, 0.6) is 0 Å². The summed E-state index contributed by atoms with van der Waals surface area (Å²) in [7, 11) is 1.62. The SMILES string of the molecule is CON1CCC2(CC1)OC(=O)C(c1c(C)cc(Br)cc1C)=C2O. The van der Waals surface area contributed by atoms with E-state index in [1.54, 1.807) is 12.2 Å². The maximum atomic E-state index is 12.5. The van der Waals surface area contributed by atoms with Crippen LogP contribution in [0, 0.1) is 13.8 Å². The van der Waals surface area contributed by atoms with E-state index < -0.39 is 11.6 Å². The molecule has 1 aromatic rings.